The molecule has 0 spiro atoms. The van der Waals surface area contributed by atoms with E-state index in [1.165, 1.54) is 0 Å². The summed E-state index contributed by atoms with van der Waals surface area (Å²) in [6.07, 6.45) is 0.818. The molecule has 0 saturated carbocycles. The molecule has 1 aromatic rings. The summed E-state index contributed by atoms with van der Waals surface area (Å²) in [4.78, 5) is 13.6. The van der Waals surface area contributed by atoms with E-state index in [0.717, 1.165) is 5.56 Å². The van der Waals surface area contributed by atoms with Crippen LogP contribution in [0.2, 0.25) is 0 Å². The molecule has 1 amide bonds. The van der Waals surface area contributed by atoms with Gasteiger partial charge in [0.2, 0.25) is 5.91 Å². The summed E-state index contributed by atoms with van der Waals surface area (Å²) in [7, 11) is 0. The molecule has 1 fully saturated rings. The number of amides is 1. The highest BCUT2D eigenvalue weighted by Gasteiger charge is 2.27. The Bertz CT molecular complexity index is 380. The van der Waals surface area contributed by atoms with Crippen LogP contribution in [0.3, 0.4) is 0 Å². The van der Waals surface area contributed by atoms with Gasteiger partial charge in [-0.1, -0.05) is 30.3 Å². The van der Waals surface area contributed by atoms with Gasteiger partial charge < -0.3 is 15.7 Å². The number of carbonyl (C=O) groups excluding carboxylic acids is 1. The van der Waals surface area contributed by atoms with Crippen molar-refractivity contribution < 1.29 is 9.90 Å². The lowest BCUT2D eigenvalue weighted by atomic mass is 10.1. The second-order valence-corrected chi connectivity index (χ2v) is 4.52. The van der Waals surface area contributed by atoms with Crippen molar-refractivity contribution in [1.82, 2.24) is 4.90 Å². The van der Waals surface area contributed by atoms with Crippen molar-refractivity contribution in [3.63, 3.8) is 0 Å². The predicted octanol–water partition coefficient (Wildman–Crippen LogP) is 0.150. The van der Waals surface area contributed by atoms with E-state index in [1.54, 1.807) is 4.90 Å². The number of rotatable bonds is 3. The minimum atomic E-state index is -0.511. The van der Waals surface area contributed by atoms with E-state index in [9.17, 15) is 9.90 Å². The van der Waals surface area contributed by atoms with E-state index in [-0.39, 0.29) is 12.0 Å². The third kappa shape index (κ3) is 3.05. The Morgan fingerprint density at radius 3 is 2.76 bits per heavy atom. The first kappa shape index (κ1) is 12.1. The SMILES string of the molecule is NC(Cc1ccccc1)C(=O)N1CCC(O)C1. The minimum absolute atomic E-state index is 0.0644. The Labute approximate surface area is 101 Å². The van der Waals surface area contributed by atoms with Crippen LogP contribution >= 0.6 is 0 Å². The van der Waals surface area contributed by atoms with E-state index < -0.39 is 6.04 Å². The summed E-state index contributed by atoms with van der Waals surface area (Å²) in [5, 5.41) is 9.39. The zero-order chi connectivity index (χ0) is 12.3. The van der Waals surface area contributed by atoms with Crippen molar-refractivity contribution in [3.8, 4) is 0 Å². The Balaban J connectivity index is 1.92. The van der Waals surface area contributed by atoms with Gasteiger partial charge in [0, 0.05) is 13.1 Å². The molecule has 0 aromatic heterocycles. The summed E-state index contributed by atoms with van der Waals surface area (Å²) in [5.41, 5.74) is 6.96. The van der Waals surface area contributed by atoms with E-state index in [4.69, 9.17) is 5.73 Å². The van der Waals surface area contributed by atoms with Crippen molar-refractivity contribution in [2.45, 2.75) is 25.0 Å². The smallest absolute Gasteiger partial charge is 0.239 e. The molecular formula is C13H18N2O2. The van der Waals surface area contributed by atoms with E-state index >= 15 is 0 Å². The first-order chi connectivity index (χ1) is 8.16. The fraction of sp³-hybridized carbons (Fsp3) is 0.462. The highest BCUT2D eigenvalue weighted by atomic mass is 16.3. The standard InChI is InChI=1S/C13H18N2O2/c14-12(8-10-4-2-1-3-5-10)13(17)15-7-6-11(16)9-15/h1-5,11-12,16H,6-9,14H2. The van der Waals surface area contributed by atoms with Gasteiger partial charge in [0.25, 0.3) is 0 Å². The molecule has 1 aliphatic rings. The van der Waals surface area contributed by atoms with E-state index in [1.807, 2.05) is 30.3 Å². The van der Waals surface area contributed by atoms with Crippen LogP contribution in [0.15, 0.2) is 30.3 Å². The Hall–Kier alpha value is -1.39. The second-order valence-electron chi connectivity index (χ2n) is 4.52. The van der Waals surface area contributed by atoms with Crippen molar-refractivity contribution in [2.24, 2.45) is 5.73 Å². The first-order valence-corrected chi connectivity index (χ1v) is 5.93. The van der Waals surface area contributed by atoms with Crippen molar-refractivity contribution in [1.29, 1.82) is 0 Å². The number of hydrogen-bond acceptors (Lipinski definition) is 3. The fourth-order valence-corrected chi connectivity index (χ4v) is 2.13. The van der Waals surface area contributed by atoms with Crippen LogP contribution < -0.4 is 5.73 Å². The summed E-state index contributed by atoms with van der Waals surface area (Å²) in [6.45, 7) is 1.03. The number of hydrogen-bond donors (Lipinski definition) is 2. The van der Waals surface area contributed by atoms with Crippen LogP contribution in [0.25, 0.3) is 0 Å². The van der Waals surface area contributed by atoms with Gasteiger partial charge in [-0.3, -0.25) is 4.79 Å². The number of benzene rings is 1. The molecule has 3 N–H and O–H groups in total. The van der Waals surface area contributed by atoms with Crippen LogP contribution in [0.1, 0.15) is 12.0 Å². The summed E-state index contributed by atoms with van der Waals surface area (Å²) >= 11 is 0. The Kier molecular flexibility index (Phi) is 3.76. The fourth-order valence-electron chi connectivity index (χ4n) is 2.13. The summed E-state index contributed by atoms with van der Waals surface area (Å²) in [6, 6.07) is 9.23. The number of likely N-dealkylation sites (tertiary alicyclic amines) is 1. The summed E-state index contributed by atoms with van der Waals surface area (Å²) in [5.74, 6) is -0.0644. The van der Waals surface area contributed by atoms with Gasteiger partial charge in [-0.2, -0.15) is 0 Å². The first-order valence-electron chi connectivity index (χ1n) is 5.93. The van der Waals surface area contributed by atoms with Gasteiger partial charge in [-0.25, -0.2) is 0 Å². The largest absolute Gasteiger partial charge is 0.391 e. The average molecular weight is 234 g/mol. The number of nitrogens with zero attached hydrogens (tertiary/aromatic N) is 1. The normalized spacial score (nSPS) is 21.5. The third-order valence-electron chi connectivity index (χ3n) is 3.09. The van der Waals surface area contributed by atoms with Gasteiger partial charge in [0.1, 0.15) is 0 Å². The molecule has 1 aromatic carbocycles. The summed E-state index contributed by atoms with van der Waals surface area (Å²) < 4.78 is 0. The van der Waals surface area contributed by atoms with Crippen LogP contribution in [0, 0.1) is 0 Å². The lowest BCUT2D eigenvalue weighted by molar-refractivity contribution is -0.131. The zero-order valence-corrected chi connectivity index (χ0v) is 9.75. The molecule has 4 nitrogen and oxygen atoms in total. The predicted molar refractivity (Wildman–Crippen MR) is 65.3 cm³/mol. The van der Waals surface area contributed by atoms with Gasteiger partial charge in [-0.15, -0.1) is 0 Å². The number of nitrogens with two attached hydrogens (primary N) is 1. The quantitative estimate of drug-likeness (QED) is 0.782. The lowest BCUT2D eigenvalue weighted by Crippen LogP contribution is -2.44. The molecule has 1 saturated heterocycles. The highest BCUT2D eigenvalue weighted by Crippen LogP contribution is 2.11. The maximum Gasteiger partial charge on any atom is 0.239 e. The molecular weight excluding hydrogens is 216 g/mol. The molecule has 0 bridgehead atoms. The minimum Gasteiger partial charge on any atom is -0.391 e. The van der Waals surface area contributed by atoms with Crippen LogP contribution in [-0.2, 0) is 11.2 Å². The number of β-amino-alcohol motifs (C(OH)–C–C–N with tert-alkyl or cyclic N) is 1. The Morgan fingerprint density at radius 1 is 1.47 bits per heavy atom. The molecule has 2 atom stereocenters. The van der Waals surface area contributed by atoms with E-state index in [0.29, 0.717) is 25.9 Å². The molecule has 2 unspecified atom stereocenters. The molecule has 0 radical (unpaired) electrons. The van der Waals surface area contributed by atoms with Crippen LogP contribution in [-0.4, -0.2) is 41.1 Å². The topological polar surface area (TPSA) is 66.6 Å². The molecule has 92 valence electrons. The molecule has 17 heavy (non-hydrogen) atoms. The van der Waals surface area contributed by atoms with Crippen LogP contribution in [0.4, 0.5) is 0 Å². The monoisotopic (exact) mass is 234 g/mol. The maximum absolute atomic E-state index is 12.0. The number of aliphatic hydroxyl groups is 1. The lowest BCUT2D eigenvalue weighted by Gasteiger charge is -2.20. The average Bonchev–Trinajstić information content (AvgIpc) is 2.76. The van der Waals surface area contributed by atoms with Crippen molar-refractivity contribution in [3.05, 3.63) is 35.9 Å². The third-order valence-corrected chi connectivity index (χ3v) is 3.09. The number of carbonyl (C=O) groups is 1. The Morgan fingerprint density at radius 2 is 2.18 bits per heavy atom. The van der Waals surface area contributed by atoms with Crippen LogP contribution in [0.5, 0.6) is 0 Å². The second kappa shape index (κ2) is 5.29. The van der Waals surface area contributed by atoms with E-state index in [2.05, 4.69) is 0 Å². The van der Waals surface area contributed by atoms with Gasteiger partial charge in [0.05, 0.1) is 12.1 Å². The van der Waals surface area contributed by atoms with Crippen molar-refractivity contribution in [2.75, 3.05) is 13.1 Å². The zero-order valence-electron chi connectivity index (χ0n) is 9.75. The number of aliphatic hydroxyl groups excluding tert-OH is 1. The van der Waals surface area contributed by atoms with Gasteiger partial charge in [0.15, 0.2) is 0 Å². The molecule has 0 aliphatic carbocycles. The van der Waals surface area contributed by atoms with Gasteiger partial charge >= 0.3 is 0 Å². The maximum atomic E-state index is 12.0. The molecule has 2 rings (SSSR count). The molecule has 1 heterocycles. The molecule has 4 heteroatoms. The molecule has 1 aliphatic heterocycles. The van der Waals surface area contributed by atoms with Gasteiger partial charge in [-0.05, 0) is 18.4 Å². The highest BCUT2D eigenvalue weighted by molar-refractivity contribution is 5.82. The van der Waals surface area contributed by atoms with Crippen molar-refractivity contribution >= 4 is 5.91 Å².